The van der Waals surface area contributed by atoms with Crippen LogP contribution in [0.25, 0.3) is 0 Å². The maximum atomic E-state index is 12.6. The SMILES string of the molecule is O=C(N[C@H]1CCCCC[C@H]1C(=O)O)C1CSc2ccccc21. The molecule has 3 rings (SSSR count). The number of rotatable bonds is 3. The second-order valence-corrected chi connectivity index (χ2v) is 7.16. The molecule has 1 unspecified atom stereocenters. The standard InChI is InChI=1S/C17H21NO3S/c19-16(13-10-22-15-9-5-4-6-11(13)15)18-14-8-3-1-2-7-12(14)17(20)21/h4-6,9,12-14H,1-3,7-8,10H2,(H,18,19)(H,20,21)/t12-,13?,14+/m1/s1. The summed E-state index contributed by atoms with van der Waals surface area (Å²) in [6, 6.07) is 7.75. The Labute approximate surface area is 134 Å². The first-order chi connectivity index (χ1) is 10.7. The van der Waals surface area contributed by atoms with Crippen LogP contribution in [0.5, 0.6) is 0 Å². The van der Waals surface area contributed by atoms with Crippen LogP contribution in [0.2, 0.25) is 0 Å². The molecule has 22 heavy (non-hydrogen) atoms. The lowest BCUT2D eigenvalue weighted by Gasteiger charge is -2.24. The van der Waals surface area contributed by atoms with Crippen molar-refractivity contribution in [3.63, 3.8) is 0 Å². The van der Waals surface area contributed by atoms with E-state index in [0.717, 1.165) is 37.0 Å². The molecule has 1 aliphatic carbocycles. The van der Waals surface area contributed by atoms with Crippen LogP contribution in [0.15, 0.2) is 29.2 Å². The molecule has 1 aromatic rings. The van der Waals surface area contributed by atoms with Gasteiger partial charge in [0.15, 0.2) is 0 Å². The number of fused-ring (bicyclic) bond motifs is 1. The summed E-state index contributed by atoms with van der Waals surface area (Å²) in [5.41, 5.74) is 1.07. The lowest BCUT2D eigenvalue weighted by molar-refractivity contribution is -0.143. The van der Waals surface area contributed by atoms with Crippen molar-refractivity contribution < 1.29 is 14.7 Å². The summed E-state index contributed by atoms with van der Waals surface area (Å²) in [7, 11) is 0. The van der Waals surface area contributed by atoms with E-state index >= 15 is 0 Å². The summed E-state index contributed by atoms with van der Waals surface area (Å²) >= 11 is 1.70. The Hall–Kier alpha value is -1.49. The van der Waals surface area contributed by atoms with Gasteiger partial charge in [0.25, 0.3) is 0 Å². The average molecular weight is 319 g/mol. The van der Waals surface area contributed by atoms with E-state index in [-0.39, 0.29) is 17.9 Å². The van der Waals surface area contributed by atoms with E-state index in [9.17, 15) is 14.7 Å². The third kappa shape index (κ3) is 3.14. The van der Waals surface area contributed by atoms with Crippen molar-refractivity contribution in [3.8, 4) is 0 Å². The Bertz CT molecular complexity index is 575. The quantitative estimate of drug-likeness (QED) is 0.841. The van der Waals surface area contributed by atoms with Crippen molar-refractivity contribution in [2.24, 2.45) is 5.92 Å². The Morgan fingerprint density at radius 1 is 1.14 bits per heavy atom. The highest BCUT2D eigenvalue weighted by Crippen LogP contribution is 2.39. The fraction of sp³-hybridized carbons (Fsp3) is 0.529. The molecule has 1 aliphatic heterocycles. The Morgan fingerprint density at radius 3 is 2.73 bits per heavy atom. The number of carboxylic acid groups (broad SMARTS) is 1. The number of aliphatic carboxylic acids is 1. The van der Waals surface area contributed by atoms with Gasteiger partial charge in [0.1, 0.15) is 0 Å². The number of nitrogens with one attached hydrogen (secondary N) is 1. The van der Waals surface area contributed by atoms with Gasteiger partial charge in [-0.2, -0.15) is 0 Å². The topological polar surface area (TPSA) is 66.4 Å². The second-order valence-electron chi connectivity index (χ2n) is 6.10. The van der Waals surface area contributed by atoms with Crippen LogP contribution in [0.3, 0.4) is 0 Å². The highest BCUT2D eigenvalue weighted by molar-refractivity contribution is 7.99. The maximum Gasteiger partial charge on any atom is 0.308 e. The van der Waals surface area contributed by atoms with E-state index in [1.54, 1.807) is 11.8 Å². The Morgan fingerprint density at radius 2 is 1.91 bits per heavy atom. The van der Waals surface area contributed by atoms with Crippen molar-refractivity contribution in [1.29, 1.82) is 0 Å². The Kier molecular flexibility index (Phi) is 4.71. The third-order valence-corrected chi connectivity index (χ3v) is 5.86. The summed E-state index contributed by atoms with van der Waals surface area (Å²) < 4.78 is 0. The van der Waals surface area contributed by atoms with E-state index in [4.69, 9.17) is 0 Å². The van der Waals surface area contributed by atoms with Crippen LogP contribution < -0.4 is 5.32 Å². The van der Waals surface area contributed by atoms with Crippen LogP contribution in [0, 0.1) is 5.92 Å². The van der Waals surface area contributed by atoms with Crippen molar-refractivity contribution in [2.45, 2.75) is 49.0 Å². The molecule has 2 N–H and O–H groups in total. The van der Waals surface area contributed by atoms with Crippen molar-refractivity contribution in [2.75, 3.05) is 5.75 Å². The zero-order valence-corrected chi connectivity index (χ0v) is 13.3. The minimum Gasteiger partial charge on any atom is -0.481 e. The molecular formula is C17H21NO3S. The minimum absolute atomic E-state index is 0.0180. The molecular weight excluding hydrogens is 298 g/mol. The molecule has 3 atom stereocenters. The van der Waals surface area contributed by atoms with Crippen molar-refractivity contribution in [1.82, 2.24) is 5.32 Å². The molecule has 118 valence electrons. The van der Waals surface area contributed by atoms with Crippen molar-refractivity contribution >= 4 is 23.6 Å². The van der Waals surface area contributed by atoms with Crippen LogP contribution in [0.4, 0.5) is 0 Å². The molecule has 2 aliphatic rings. The molecule has 0 radical (unpaired) electrons. The molecule has 1 saturated carbocycles. The van der Waals surface area contributed by atoms with Gasteiger partial charge in [0.2, 0.25) is 5.91 Å². The largest absolute Gasteiger partial charge is 0.481 e. The van der Waals surface area contributed by atoms with Crippen LogP contribution in [-0.2, 0) is 9.59 Å². The van der Waals surface area contributed by atoms with E-state index < -0.39 is 11.9 Å². The third-order valence-electron chi connectivity index (χ3n) is 4.68. The first-order valence-electron chi connectivity index (χ1n) is 7.91. The van der Waals surface area contributed by atoms with E-state index in [1.807, 2.05) is 24.3 Å². The lowest BCUT2D eigenvalue weighted by atomic mass is 9.93. The predicted octanol–water partition coefficient (Wildman–Crippen LogP) is 3.03. The van der Waals surface area contributed by atoms with Gasteiger partial charge in [-0.05, 0) is 24.5 Å². The molecule has 4 nitrogen and oxygen atoms in total. The predicted molar refractivity (Wildman–Crippen MR) is 86.0 cm³/mol. The van der Waals surface area contributed by atoms with Gasteiger partial charge >= 0.3 is 5.97 Å². The summed E-state index contributed by atoms with van der Waals surface area (Å²) in [4.78, 5) is 25.3. The molecule has 0 aromatic heterocycles. The minimum atomic E-state index is -0.784. The van der Waals surface area contributed by atoms with Crippen LogP contribution in [-0.4, -0.2) is 28.8 Å². The zero-order valence-electron chi connectivity index (χ0n) is 12.5. The normalized spacial score (nSPS) is 27.7. The number of carboxylic acids is 1. The number of hydrogen-bond donors (Lipinski definition) is 2. The van der Waals surface area contributed by atoms with Gasteiger partial charge in [-0.1, -0.05) is 37.5 Å². The van der Waals surface area contributed by atoms with Gasteiger partial charge in [0.05, 0.1) is 11.8 Å². The smallest absolute Gasteiger partial charge is 0.308 e. The molecule has 1 fully saturated rings. The van der Waals surface area contributed by atoms with Crippen LogP contribution >= 0.6 is 11.8 Å². The van der Waals surface area contributed by atoms with Gasteiger partial charge in [0, 0.05) is 16.7 Å². The first-order valence-corrected chi connectivity index (χ1v) is 8.90. The van der Waals surface area contributed by atoms with Crippen molar-refractivity contribution in [3.05, 3.63) is 29.8 Å². The second kappa shape index (κ2) is 6.73. The summed E-state index contributed by atoms with van der Waals surface area (Å²) in [6.07, 6.45) is 4.41. The number of carbonyl (C=O) groups is 2. The molecule has 1 aromatic carbocycles. The van der Waals surface area contributed by atoms with Gasteiger partial charge in [-0.25, -0.2) is 0 Å². The highest BCUT2D eigenvalue weighted by Gasteiger charge is 2.34. The number of hydrogen-bond acceptors (Lipinski definition) is 3. The zero-order chi connectivity index (χ0) is 15.5. The number of amides is 1. The molecule has 0 bridgehead atoms. The summed E-state index contributed by atoms with van der Waals surface area (Å²) in [6.45, 7) is 0. The fourth-order valence-electron chi connectivity index (χ4n) is 3.44. The molecule has 5 heteroatoms. The van der Waals surface area contributed by atoms with Gasteiger partial charge < -0.3 is 10.4 Å². The Balaban J connectivity index is 1.72. The molecule has 1 amide bonds. The highest BCUT2D eigenvalue weighted by atomic mass is 32.2. The number of benzene rings is 1. The maximum absolute atomic E-state index is 12.6. The van der Waals surface area contributed by atoms with E-state index in [2.05, 4.69) is 5.32 Å². The summed E-state index contributed by atoms with van der Waals surface area (Å²) in [5, 5.41) is 12.5. The average Bonchev–Trinajstić information content (AvgIpc) is 2.80. The van der Waals surface area contributed by atoms with Gasteiger partial charge in [-0.3, -0.25) is 9.59 Å². The van der Waals surface area contributed by atoms with E-state index in [1.165, 1.54) is 4.90 Å². The summed E-state index contributed by atoms with van der Waals surface area (Å²) in [5.74, 6) is -0.658. The number of carbonyl (C=O) groups excluding carboxylic acids is 1. The monoisotopic (exact) mass is 319 g/mol. The number of thioether (sulfide) groups is 1. The first kappa shape index (κ1) is 15.4. The van der Waals surface area contributed by atoms with Gasteiger partial charge in [-0.15, -0.1) is 11.8 Å². The lowest BCUT2D eigenvalue weighted by Crippen LogP contribution is -2.44. The van der Waals surface area contributed by atoms with Crippen LogP contribution in [0.1, 0.15) is 43.6 Å². The van der Waals surface area contributed by atoms with E-state index in [0.29, 0.717) is 6.42 Å². The molecule has 0 saturated heterocycles. The fourth-order valence-corrected chi connectivity index (χ4v) is 4.67. The molecule has 0 spiro atoms. The molecule has 1 heterocycles.